The Morgan fingerprint density at radius 3 is 2.61 bits per heavy atom. The van der Waals surface area contributed by atoms with Crippen LogP contribution >= 0.6 is 0 Å². The standard InChI is InChI=1S/C13H24N2O3/c1-5-6-8-18-9-7-15-11(16)10(2)14-12(17)13(15,3)4/h10H,5-9H2,1-4H3,(H,14,17). The van der Waals surface area contributed by atoms with Crippen molar-refractivity contribution >= 4 is 11.8 Å². The van der Waals surface area contributed by atoms with Crippen LogP contribution in [-0.4, -0.2) is 48.1 Å². The van der Waals surface area contributed by atoms with Crippen LogP contribution in [0.2, 0.25) is 0 Å². The molecule has 0 radical (unpaired) electrons. The Kier molecular flexibility index (Phi) is 5.14. The molecule has 0 aromatic carbocycles. The maximum absolute atomic E-state index is 12.1. The molecule has 1 aliphatic heterocycles. The van der Waals surface area contributed by atoms with Crippen LogP contribution in [0, 0.1) is 0 Å². The fourth-order valence-corrected chi connectivity index (χ4v) is 1.96. The van der Waals surface area contributed by atoms with Crippen molar-refractivity contribution in [1.82, 2.24) is 10.2 Å². The molecule has 5 nitrogen and oxygen atoms in total. The van der Waals surface area contributed by atoms with Gasteiger partial charge < -0.3 is 15.0 Å². The second kappa shape index (κ2) is 6.18. The highest BCUT2D eigenvalue weighted by Crippen LogP contribution is 2.20. The molecule has 1 fully saturated rings. The highest BCUT2D eigenvalue weighted by atomic mass is 16.5. The average molecular weight is 256 g/mol. The monoisotopic (exact) mass is 256 g/mol. The average Bonchev–Trinajstić information content (AvgIpc) is 2.30. The van der Waals surface area contributed by atoms with E-state index in [4.69, 9.17) is 4.74 Å². The van der Waals surface area contributed by atoms with E-state index in [0.29, 0.717) is 19.8 Å². The van der Waals surface area contributed by atoms with Gasteiger partial charge in [-0.1, -0.05) is 13.3 Å². The van der Waals surface area contributed by atoms with Crippen LogP contribution < -0.4 is 5.32 Å². The van der Waals surface area contributed by atoms with Crippen LogP contribution in [0.1, 0.15) is 40.5 Å². The van der Waals surface area contributed by atoms with Crippen molar-refractivity contribution < 1.29 is 14.3 Å². The van der Waals surface area contributed by atoms with Crippen LogP contribution in [0.4, 0.5) is 0 Å². The molecule has 104 valence electrons. The first-order chi connectivity index (χ1) is 8.41. The number of nitrogens with zero attached hydrogens (tertiary/aromatic N) is 1. The van der Waals surface area contributed by atoms with Gasteiger partial charge in [0.05, 0.1) is 6.61 Å². The van der Waals surface area contributed by atoms with E-state index >= 15 is 0 Å². The van der Waals surface area contributed by atoms with E-state index in [9.17, 15) is 9.59 Å². The molecule has 1 saturated heterocycles. The van der Waals surface area contributed by atoms with Crippen molar-refractivity contribution in [1.29, 1.82) is 0 Å². The highest BCUT2D eigenvalue weighted by Gasteiger charge is 2.44. The third-order valence-electron chi connectivity index (χ3n) is 3.32. The summed E-state index contributed by atoms with van der Waals surface area (Å²) in [6.07, 6.45) is 2.11. The van der Waals surface area contributed by atoms with E-state index in [1.807, 2.05) is 0 Å². The van der Waals surface area contributed by atoms with Gasteiger partial charge in [0.2, 0.25) is 11.8 Å². The largest absolute Gasteiger partial charge is 0.380 e. The van der Waals surface area contributed by atoms with Gasteiger partial charge >= 0.3 is 0 Å². The minimum absolute atomic E-state index is 0.0429. The molecule has 1 aliphatic rings. The fourth-order valence-electron chi connectivity index (χ4n) is 1.96. The molecule has 0 spiro atoms. The molecule has 5 heteroatoms. The number of rotatable bonds is 6. The summed E-state index contributed by atoms with van der Waals surface area (Å²) in [6, 6.07) is -0.443. The molecule has 0 aliphatic carbocycles. The van der Waals surface area contributed by atoms with E-state index < -0.39 is 11.6 Å². The summed E-state index contributed by atoms with van der Waals surface area (Å²) in [7, 11) is 0. The zero-order valence-corrected chi connectivity index (χ0v) is 11.8. The van der Waals surface area contributed by atoms with Gasteiger partial charge in [-0.3, -0.25) is 9.59 Å². The van der Waals surface area contributed by atoms with Gasteiger partial charge in [0, 0.05) is 13.2 Å². The molecule has 1 atom stereocenters. The first-order valence-electron chi connectivity index (χ1n) is 6.61. The Morgan fingerprint density at radius 1 is 1.33 bits per heavy atom. The first kappa shape index (κ1) is 15.0. The van der Waals surface area contributed by atoms with E-state index in [1.54, 1.807) is 25.7 Å². The maximum Gasteiger partial charge on any atom is 0.246 e. The zero-order chi connectivity index (χ0) is 13.8. The lowest BCUT2D eigenvalue weighted by Gasteiger charge is -2.43. The van der Waals surface area contributed by atoms with Crippen LogP contribution in [-0.2, 0) is 14.3 Å². The van der Waals surface area contributed by atoms with E-state index in [2.05, 4.69) is 12.2 Å². The number of unbranched alkanes of at least 4 members (excludes halogenated alkanes) is 1. The highest BCUT2D eigenvalue weighted by molar-refractivity contribution is 5.99. The Labute approximate surface area is 109 Å². The van der Waals surface area contributed by atoms with Gasteiger partial charge in [-0.15, -0.1) is 0 Å². The number of hydrogen-bond acceptors (Lipinski definition) is 3. The Hall–Kier alpha value is -1.10. The van der Waals surface area contributed by atoms with Gasteiger partial charge in [-0.25, -0.2) is 0 Å². The van der Waals surface area contributed by atoms with Gasteiger partial charge in [0.15, 0.2) is 0 Å². The van der Waals surface area contributed by atoms with Crippen molar-refractivity contribution in [2.24, 2.45) is 0 Å². The molecule has 0 aromatic rings. The van der Waals surface area contributed by atoms with E-state index in [0.717, 1.165) is 12.8 Å². The summed E-state index contributed by atoms with van der Waals surface area (Å²) in [5.74, 6) is -0.151. The smallest absolute Gasteiger partial charge is 0.246 e. The van der Waals surface area contributed by atoms with Crippen molar-refractivity contribution in [3.05, 3.63) is 0 Å². The van der Waals surface area contributed by atoms with Gasteiger partial charge in [0.25, 0.3) is 0 Å². The molecule has 1 heterocycles. The number of nitrogens with one attached hydrogen (secondary N) is 1. The topological polar surface area (TPSA) is 58.6 Å². The van der Waals surface area contributed by atoms with Crippen LogP contribution in [0.5, 0.6) is 0 Å². The molecule has 0 aromatic heterocycles. The van der Waals surface area contributed by atoms with E-state index in [1.165, 1.54) is 0 Å². The normalized spacial score (nSPS) is 23.1. The summed E-state index contributed by atoms with van der Waals surface area (Å²) in [4.78, 5) is 25.5. The minimum atomic E-state index is -0.794. The second-order valence-corrected chi connectivity index (χ2v) is 5.21. The Morgan fingerprint density at radius 2 is 2.00 bits per heavy atom. The van der Waals surface area contributed by atoms with E-state index in [-0.39, 0.29) is 11.8 Å². The summed E-state index contributed by atoms with van der Waals surface area (Å²) < 4.78 is 5.46. The predicted octanol–water partition coefficient (Wildman–Crippen LogP) is 0.929. The quantitative estimate of drug-likeness (QED) is 0.719. The maximum atomic E-state index is 12.1. The predicted molar refractivity (Wildman–Crippen MR) is 69.1 cm³/mol. The van der Waals surface area contributed by atoms with Gasteiger partial charge in [0.1, 0.15) is 11.6 Å². The molecule has 2 amide bonds. The molecule has 18 heavy (non-hydrogen) atoms. The number of piperazine rings is 1. The summed E-state index contributed by atoms with van der Waals surface area (Å²) in [5, 5.41) is 2.69. The van der Waals surface area contributed by atoms with Crippen molar-refractivity contribution in [3.8, 4) is 0 Å². The van der Waals surface area contributed by atoms with Crippen molar-refractivity contribution in [3.63, 3.8) is 0 Å². The Bertz CT molecular complexity index is 315. The summed E-state index contributed by atoms with van der Waals surface area (Å²) >= 11 is 0. The lowest BCUT2D eigenvalue weighted by molar-refractivity contribution is -0.155. The van der Waals surface area contributed by atoms with Crippen molar-refractivity contribution in [2.75, 3.05) is 19.8 Å². The summed E-state index contributed by atoms with van der Waals surface area (Å²) in [5.41, 5.74) is -0.794. The number of carbonyl (C=O) groups excluding carboxylic acids is 2. The molecule has 0 saturated carbocycles. The van der Waals surface area contributed by atoms with Crippen molar-refractivity contribution in [2.45, 2.75) is 52.1 Å². The van der Waals surface area contributed by atoms with Gasteiger partial charge in [-0.05, 0) is 27.2 Å². The molecule has 1 rings (SSSR count). The molecule has 0 bridgehead atoms. The number of amides is 2. The van der Waals surface area contributed by atoms with Gasteiger partial charge in [-0.2, -0.15) is 0 Å². The second-order valence-electron chi connectivity index (χ2n) is 5.21. The number of hydrogen-bond donors (Lipinski definition) is 1. The summed E-state index contributed by atoms with van der Waals surface area (Å²) in [6.45, 7) is 8.99. The molecule has 1 N–H and O–H groups in total. The fraction of sp³-hybridized carbons (Fsp3) is 0.846. The first-order valence-corrected chi connectivity index (χ1v) is 6.61. The molecular weight excluding hydrogens is 232 g/mol. The minimum Gasteiger partial charge on any atom is -0.380 e. The SMILES string of the molecule is CCCCOCCN1C(=O)C(C)NC(=O)C1(C)C. The lowest BCUT2D eigenvalue weighted by atomic mass is 9.96. The van der Waals surface area contributed by atoms with Crippen LogP contribution in [0.25, 0.3) is 0 Å². The zero-order valence-electron chi connectivity index (χ0n) is 11.8. The molecule has 1 unspecified atom stereocenters. The molecular formula is C13H24N2O3. The third kappa shape index (κ3) is 3.22. The third-order valence-corrected chi connectivity index (χ3v) is 3.32. The van der Waals surface area contributed by atoms with Crippen LogP contribution in [0.15, 0.2) is 0 Å². The number of carbonyl (C=O) groups is 2. The lowest BCUT2D eigenvalue weighted by Crippen LogP contribution is -2.68. The number of ether oxygens (including phenoxy) is 1. The van der Waals surface area contributed by atoms with Crippen LogP contribution in [0.3, 0.4) is 0 Å². The Balaban J connectivity index is 2.54.